The van der Waals surface area contributed by atoms with Gasteiger partial charge in [-0.2, -0.15) is 0 Å². The third kappa shape index (κ3) is 4.85. The average Bonchev–Trinajstić information content (AvgIpc) is 2.93. The molecule has 0 aromatic heterocycles. The van der Waals surface area contributed by atoms with E-state index in [9.17, 15) is 4.79 Å². The van der Waals surface area contributed by atoms with E-state index in [1.54, 1.807) is 12.1 Å². The summed E-state index contributed by atoms with van der Waals surface area (Å²) in [5.74, 6) is 0. The van der Waals surface area contributed by atoms with E-state index in [4.69, 9.17) is 23.2 Å². The molecule has 1 aromatic carbocycles. The highest BCUT2D eigenvalue weighted by molar-refractivity contribution is 6.42. The first kappa shape index (κ1) is 15.4. The Morgan fingerprint density at radius 3 is 2.85 bits per heavy atom. The second kappa shape index (κ2) is 7.72. The maximum atomic E-state index is 11.6. The quantitative estimate of drug-likeness (QED) is 0.782. The van der Waals surface area contributed by atoms with Gasteiger partial charge >= 0.3 is 6.03 Å². The number of hydrogen-bond acceptors (Lipinski definition) is 2. The Labute approximate surface area is 129 Å². The van der Waals surface area contributed by atoms with Gasteiger partial charge in [-0.25, -0.2) is 4.79 Å². The van der Waals surface area contributed by atoms with Gasteiger partial charge in [-0.3, -0.25) is 0 Å². The van der Waals surface area contributed by atoms with Crippen molar-refractivity contribution in [3.8, 4) is 0 Å². The van der Waals surface area contributed by atoms with Crippen LogP contribution in [0.3, 0.4) is 0 Å². The van der Waals surface area contributed by atoms with Crippen LogP contribution in [0.25, 0.3) is 0 Å². The highest BCUT2D eigenvalue weighted by atomic mass is 35.5. The second-order valence-electron chi connectivity index (χ2n) is 4.94. The molecule has 110 valence electrons. The van der Waals surface area contributed by atoms with Crippen molar-refractivity contribution in [2.75, 3.05) is 13.1 Å². The number of amides is 2. The molecule has 1 fully saturated rings. The number of hydrogen-bond donors (Lipinski definition) is 3. The smallest absolute Gasteiger partial charge is 0.315 e. The van der Waals surface area contributed by atoms with E-state index >= 15 is 0 Å². The van der Waals surface area contributed by atoms with Crippen LogP contribution in [-0.4, -0.2) is 25.2 Å². The molecule has 0 saturated carbocycles. The largest absolute Gasteiger partial charge is 0.338 e. The minimum Gasteiger partial charge on any atom is -0.338 e. The van der Waals surface area contributed by atoms with E-state index in [1.165, 1.54) is 12.8 Å². The zero-order valence-electron chi connectivity index (χ0n) is 11.2. The predicted molar refractivity (Wildman–Crippen MR) is 82.3 cm³/mol. The van der Waals surface area contributed by atoms with Crippen LogP contribution in [0.15, 0.2) is 18.2 Å². The number of rotatable bonds is 5. The van der Waals surface area contributed by atoms with Crippen molar-refractivity contribution in [2.45, 2.75) is 31.8 Å². The van der Waals surface area contributed by atoms with E-state index in [0.717, 1.165) is 18.5 Å². The van der Waals surface area contributed by atoms with Gasteiger partial charge in [0.15, 0.2) is 0 Å². The topological polar surface area (TPSA) is 53.2 Å². The van der Waals surface area contributed by atoms with Crippen molar-refractivity contribution in [3.05, 3.63) is 33.8 Å². The summed E-state index contributed by atoms with van der Waals surface area (Å²) in [4.78, 5) is 11.6. The maximum Gasteiger partial charge on any atom is 0.315 e. The molecule has 1 aliphatic rings. The first-order valence-corrected chi connectivity index (χ1v) is 7.60. The fourth-order valence-corrected chi connectivity index (χ4v) is 2.58. The molecule has 1 aliphatic heterocycles. The number of nitrogens with one attached hydrogen (secondary N) is 3. The fraction of sp³-hybridized carbons (Fsp3) is 0.500. The lowest BCUT2D eigenvalue weighted by atomic mass is 10.1. The molecule has 0 bridgehead atoms. The van der Waals surface area contributed by atoms with Gasteiger partial charge in [0.05, 0.1) is 10.0 Å². The first-order valence-electron chi connectivity index (χ1n) is 6.84. The van der Waals surface area contributed by atoms with Gasteiger partial charge in [0, 0.05) is 19.1 Å². The minimum atomic E-state index is -0.158. The molecule has 0 spiro atoms. The normalized spacial score (nSPS) is 18.0. The van der Waals surface area contributed by atoms with Gasteiger partial charge in [0.2, 0.25) is 0 Å². The molecule has 1 saturated heterocycles. The zero-order chi connectivity index (χ0) is 14.4. The summed E-state index contributed by atoms with van der Waals surface area (Å²) in [6, 6.07) is 5.72. The molecule has 1 aromatic rings. The third-order valence-corrected chi connectivity index (χ3v) is 4.12. The standard InChI is InChI=1S/C14H19Cl2N3O/c15-12-4-3-10(8-13(12)16)9-19-14(20)18-7-5-11-2-1-6-17-11/h3-4,8,11,17H,1-2,5-7,9H2,(H2,18,19,20)/t11-/m0/s1. The third-order valence-electron chi connectivity index (χ3n) is 3.38. The molecule has 3 N–H and O–H groups in total. The average molecular weight is 316 g/mol. The molecule has 0 aliphatic carbocycles. The Morgan fingerprint density at radius 2 is 2.15 bits per heavy atom. The van der Waals surface area contributed by atoms with Crippen LogP contribution in [-0.2, 0) is 6.54 Å². The van der Waals surface area contributed by atoms with Gasteiger partial charge < -0.3 is 16.0 Å². The SMILES string of the molecule is O=C(NCC[C@@H]1CCCN1)NCc1ccc(Cl)c(Cl)c1. The summed E-state index contributed by atoms with van der Waals surface area (Å²) in [6.45, 7) is 2.21. The highest BCUT2D eigenvalue weighted by Crippen LogP contribution is 2.22. The second-order valence-corrected chi connectivity index (χ2v) is 5.75. The van der Waals surface area contributed by atoms with Crippen LogP contribution in [0.4, 0.5) is 4.79 Å². The van der Waals surface area contributed by atoms with Crippen molar-refractivity contribution >= 4 is 29.2 Å². The fourth-order valence-electron chi connectivity index (χ4n) is 2.26. The molecular weight excluding hydrogens is 297 g/mol. The van der Waals surface area contributed by atoms with E-state index in [-0.39, 0.29) is 6.03 Å². The summed E-state index contributed by atoms with van der Waals surface area (Å²) in [5, 5.41) is 10.1. The van der Waals surface area contributed by atoms with E-state index < -0.39 is 0 Å². The lowest BCUT2D eigenvalue weighted by Crippen LogP contribution is -2.37. The predicted octanol–water partition coefficient (Wildman–Crippen LogP) is 2.93. The van der Waals surface area contributed by atoms with Crippen LogP contribution in [0.2, 0.25) is 10.0 Å². The van der Waals surface area contributed by atoms with E-state index in [0.29, 0.717) is 29.2 Å². The number of carbonyl (C=O) groups is 1. The van der Waals surface area contributed by atoms with Gasteiger partial charge in [-0.1, -0.05) is 29.3 Å². The first-order chi connectivity index (χ1) is 9.65. The highest BCUT2D eigenvalue weighted by Gasteiger charge is 2.13. The minimum absolute atomic E-state index is 0.158. The van der Waals surface area contributed by atoms with Crippen molar-refractivity contribution in [1.82, 2.24) is 16.0 Å². The molecule has 6 heteroatoms. The van der Waals surface area contributed by atoms with Crippen LogP contribution in [0.5, 0.6) is 0 Å². The molecule has 20 heavy (non-hydrogen) atoms. The Balaban J connectivity index is 1.65. The maximum absolute atomic E-state index is 11.6. The zero-order valence-corrected chi connectivity index (χ0v) is 12.7. The number of urea groups is 1. The summed E-state index contributed by atoms with van der Waals surface area (Å²) < 4.78 is 0. The lowest BCUT2D eigenvalue weighted by molar-refractivity contribution is 0.240. The number of halogens is 2. The van der Waals surface area contributed by atoms with Crippen LogP contribution >= 0.6 is 23.2 Å². The van der Waals surface area contributed by atoms with Crippen molar-refractivity contribution in [1.29, 1.82) is 0 Å². The van der Waals surface area contributed by atoms with Gasteiger partial charge in [-0.05, 0) is 43.5 Å². The molecule has 4 nitrogen and oxygen atoms in total. The molecule has 1 heterocycles. The molecular formula is C14H19Cl2N3O. The van der Waals surface area contributed by atoms with Gasteiger partial charge in [-0.15, -0.1) is 0 Å². The number of benzene rings is 1. The molecule has 2 amide bonds. The molecule has 0 radical (unpaired) electrons. The monoisotopic (exact) mass is 315 g/mol. The van der Waals surface area contributed by atoms with Crippen LogP contribution in [0.1, 0.15) is 24.8 Å². The summed E-state index contributed by atoms with van der Waals surface area (Å²) in [6.07, 6.45) is 3.40. The van der Waals surface area contributed by atoms with Gasteiger partial charge in [0.1, 0.15) is 0 Å². The molecule has 0 unspecified atom stereocenters. The number of carbonyl (C=O) groups excluding carboxylic acids is 1. The van der Waals surface area contributed by atoms with Crippen molar-refractivity contribution in [2.24, 2.45) is 0 Å². The Hall–Kier alpha value is -0.970. The van der Waals surface area contributed by atoms with E-state index in [1.807, 2.05) is 6.07 Å². The van der Waals surface area contributed by atoms with Crippen LogP contribution < -0.4 is 16.0 Å². The Morgan fingerprint density at radius 1 is 1.30 bits per heavy atom. The summed E-state index contributed by atoms with van der Waals surface area (Å²) in [7, 11) is 0. The van der Waals surface area contributed by atoms with Crippen molar-refractivity contribution < 1.29 is 4.79 Å². The van der Waals surface area contributed by atoms with Gasteiger partial charge in [0.25, 0.3) is 0 Å². The molecule has 2 rings (SSSR count). The Kier molecular flexibility index (Phi) is 5.95. The Bertz CT molecular complexity index is 462. The van der Waals surface area contributed by atoms with Crippen LogP contribution in [0, 0.1) is 0 Å². The summed E-state index contributed by atoms with van der Waals surface area (Å²) >= 11 is 11.8. The molecule has 1 atom stereocenters. The van der Waals surface area contributed by atoms with Crippen molar-refractivity contribution in [3.63, 3.8) is 0 Å². The lowest BCUT2D eigenvalue weighted by Gasteiger charge is -2.11. The summed E-state index contributed by atoms with van der Waals surface area (Å²) in [5.41, 5.74) is 0.923. The van der Waals surface area contributed by atoms with E-state index in [2.05, 4.69) is 16.0 Å².